The molecule has 0 aliphatic rings. The van der Waals surface area contributed by atoms with E-state index in [0.717, 1.165) is 33.9 Å². The first-order chi connectivity index (χ1) is 26.8. The number of nitrogens with zero attached hydrogens (tertiary/aromatic N) is 4. The van der Waals surface area contributed by atoms with E-state index < -0.39 is 7.81 Å². The van der Waals surface area contributed by atoms with Gasteiger partial charge in [-0.2, -0.15) is 0 Å². The Balaban J connectivity index is 0.000000292. The summed E-state index contributed by atoms with van der Waals surface area (Å²) in [7, 11) is -10.7. The second-order valence-corrected chi connectivity index (χ2v) is 20.1. The van der Waals surface area contributed by atoms with E-state index in [0.29, 0.717) is 0 Å². The quantitative estimate of drug-likeness (QED) is 0.101. The van der Waals surface area contributed by atoms with E-state index in [1.165, 1.54) is 22.3 Å². The van der Waals surface area contributed by atoms with Crippen molar-refractivity contribution >= 4 is 7.81 Å². The van der Waals surface area contributed by atoms with Crippen LogP contribution in [-0.4, -0.2) is 19.9 Å². The molecule has 6 aromatic rings. The Hall–Kier alpha value is -4.30. The zero-order chi connectivity index (χ0) is 44.6. The SMILES string of the molecule is CC(C)(C)c1c[c-]c(-c2cc(C(C)(C)C)ccn2)cc1.CC(C)(C)c1c[c-]c(-c2cc(C(C)(C)C)ccn2)cc1.F[P-](F)(F)(F)(F)F.[Ir+3].c1ccc(-c2ccccn2)nc1. The molecular formula is C48H56F6IrN4P. The number of pyridine rings is 4. The molecule has 0 saturated heterocycles. The molecule has 4 aromatic heterocycles. The first-order valence-electron chi connectivity index (χ1n) is 19.1. The minimum Gasteiger partial charge on any atom is -0.255 e. The third-order valence-corrected chi connectivity index (χ3v) is 8.75. The Labute approximate surface area is 366 Å². The molecule has 6 rings (SSSR count). The van der Waals surface area contributed by atoms with Gasteiger partial charge in [0.1, 0.15) is 0 Å². The fraction of sp³-hybridized carbons (Fsp3) is 0.333. The molecule has 12 heteroatoms. The third kappa shape index (κ3) is 19.4. The van der Waals surface area contributed by atoms with Crippen LogP contribution in [0, 0.1) is 12.1 Å². The van der Waals surface area contributed by atoms with Crippen LogP contribution in [0.15, 0.2) is 122 Å². The van der Waals surface area contributed by atoms with Gasteiger partial charge in [-0.1, -0.05) is 107 Å². The van der Waals surface area contributed by atoms with Crippen LogP contribution in [0.4, 0.5) is 25.2 Å². The van der Waals surface area contributed by atoms with Crippen molar-refractivity contribution in [1.82, 2.24) is 19.9 Å². The summed E-state index contributed by atoms with van der Waals surface area (Å²) in [5, 5.41) is 0. The maximum Gasteiger partial charge on any atom is 3.00 e. The van der Waals surface area contributed by atoms with Gasteiger partial charge < -0.3 is 9.97 Å². The Bertz CT molecular complexity index is 2070. The fourth-order valence-corrected chi connectivity index (χ4v) is 5.22. The van der Waals surface area contributed by atoms with Crippen molar-refractivity contribution < 1.29 is 45.3 Å². The van der Waals surface area contributed by atoms with E-state index in [1.54, 1.807) is 12.4 Å². The summed E-state index contributed by atoms with van der Waals surface area (Å²) < 4.78 is 59.2. The standard InChI is InChI=1S/2C19H24N.C10H8N2.F6P.Ir/c2*1-18(2,3)15-9-7-14(8-10-15)17-13-16(11-12-20-17)19(4,5)6;1-3-7-11-9(5-1)10-6-2-4-8-12-10;1-7(2,3,4,5)6;/h2*7,9-13H,1-6H3;1-8H;;/q2*-1;;-1;+3. The zero-order valence-electron chi connectivity index (χ0n) is 36.4. The van der Waals surface area contributed by atoms with Crippen LogP contribution < -0.4 is 0 Å². The summed E-state index contributed by atoms with van der Waals surface area (Å²) >= 11 is 0. The number of benzene rings is 2. The predicted octanol–water partition coefficient (Wildman–Crippen LogP) is 15.8. The van der Waals surface area contributed by atoms with Gasteiger partial charge in [0.2, 0.25) is 0 Å². The fourth-order valence-electron chi connectivity index (χ4n) is 5.22. The van der Waals surface area contributed by atoms with Crippen molar-refractivity contribution in [1.29, 1.82) is 0 Å². The largest absolute Gasteiger partial charge is 3.00 e. The van der Waals surface area contributed by atoms with Crippen LogP contribution in [0.3, 0.4) is 0 Å². The molecule has 0 atom stereocenters. The number of halogens is 6. The summed E-state index contributed by atoms with van der Waals surface area (Å²) in [4.78, 5) is 17.3. The average molecular weight is 1030 g/mol. The molecule has 0 unspecified atom stereocenters. The number of rotatable bonds is 3. The summed E-state index contributed by atoms with van der Waals surface area (Å²) in [5.74, 6) is 0. The molecular weight excluding hydrogens is 970 g/mol. The molecule has 0 radical (unpaired) electrons. The molecule has 60 heavy (non-hydrogen) atoms. The molecule has 0 saturated carbocycles. The second kappa shape index (κ2) is 19.2. The van der Waals surface area contributed by atoms with Crippen LogP contribution in [0.25, 0.3) is 33.9 Å². The minimum atomic E-state index is -10.7. The molecule has 0 bridgehead atoms. The molecule has 4 heterocycles. The molecule has 2 aromatic carbocycles. The molecule has 0 amide bonds. The van der Waals surface area contributed by atoms with Gasteiger partial charge in [-0.05, 0) is 80.6 Å². The van der Waals surface area contributed by atoms with Crippen LogP contribution in [0.1, 0.15) is 105 Å². The zero-order valence-corrected chi connectivity index (χ0v) is 39.7. The van der Waals surface area contributed by atoms with E-state index in [4.69, 9.17) is 0 Å². The third-order valence-electron chi connectivity index (χ3n) is 8.75. The Morgan fingerprint density at radius 2 is 0.683 bits per heavy atom. The molecule has 0 aliphatic heterocycles. The van der Waals surface area contributed by atoms with Crippen molar-refractivity contribution in [2.75, 3.05) is 0 Å². The van der Waals surface area contributed by atoms with Gasteiger partial charge in [-0.25, -0.2) is 0 Å². The maximum atomic E-state index is 9.87. The van der Waals surface area contributed by atoms with Gasteiger partial charge in [0.15, 0.2) is 0 Å². The first kappa shape index (κ1) is 51.8. The normalized spacial score (nSPS) is 13.0. The van der Waals surface area contributed by atoms with Crippen LogP contribution >= 0.6 is 7.81 Å². The predicted molar refractivity (Wildman–Crippen MR) is 233 cm³/mol. The summed E-state index contributed by atoms with van der Waals surface area (Å²) in [6.07, 6.45) is 7.32. The molecule has 0 aliphatic carbocycles. The molecule has 4 nitrogen and oxygen atoms in total. The van der Waals surface area contributed by atoms with Gasteiger partial charge in [0.25, 0.3) is 0 Å². The molecule has 324 valence electrons. The monoisotopic (exact) mass is 1030 g/mol. The smallest absolute Gasteiger partial charge is 0.255 e. The van der Waals surface area contributed by atoms with E-state index in [2.05, 4.69) is 176 Å². The van der Waals surface area contributed by atoms with Gasteiger partial charge in [0, 0.05) is 24.8 Å². The van der Waals surface area contributed by atoms with Crippen molar-refractivity contribution in [2.45, 2.75) is 105 Å². The average Bonchev–Trinajstić information content (AvgIpc) is 3.14. The van der Waals surface area contributed by atoms with E-state index >= 15 is 0 Å². The van der Waals surface area contributed by atoms with E-state index in [-0.39, 0.29) is 41.8 Å². The van der Waals surface area contributed by atoms with Crippen LogP contribution in [-0.2, 0) is 41.8 Å². The van der Waals surface area contributed by atoms with Crippen molar-refractivity contribution in [3.63, 3.8) is 0 Å². The van der Waals surface area contributed by atoms with Gasteiger partial charge in [-0.15, -0.1) is 70.8 Å². The van der Waals surface area contributed by atoms with Gasteiger partial charge in [0.05, 0.1) is 11.4 Å². The number of aromatic nitrogens is 4. The summed E-state index contributed by atoms with van der Waals surface area (Å²) in [5.41, 5.74) is 11.8. The van der Waals surface area contributed by atoms with Crippen molar-refractivity contribution in [3.05, 3.63) is 156 Å². The second-order valence-electron chi connectivity index (χ2n) is 18.2. The summed E-state index contributed by atoms with van der Waals surface area (Å²) in [6.45, 7) is 26.6. The minimum absolute atomic E-state index is 0. The van der Waals surface area contributed by atoms with Gasteiger partial charge >= 0.3 is 53.1 Å². The summed E-state index contributed by atoms with van der Waals surface area (Å²) in [6, 6.07) is 39.6. The Morgan fingerprint density at radius 3 is 0.917 bits per heavy atom. The molecule has 0 N–H and O–H groups in total. The number of hydrogen-bond donors (Lipinski definition) is 0. The van der Waals surface area contributed by atoms with Gasteiger partial charge in [-0.3, -0.25) is 9.97 Å². The Morgan fingerprint density at radius 1 is 0.383 bits per heavy atom. The van der Waals surface area contributed by atoms with E-state index in [1.807, 2.05) is 48.8 Å². The Kier molecular flexibility index (Phi) is 16.6. The topological polar surface area (TPSA) is 51.6 Å². The number of hydrogen-bond acceptors (Lipinski definition) is 4. The van der Waals surface area contributed by atoms with Crippen LogP contribution in [0.5, 0.6) is 0 Å². The first-order valence-corrected chi connectivity index (χ1v) is 21.2. The molecule has 0 spiro atoms. The van der Waals surface area contributed by atoms with Crippen molar-refractivity contribution in [3.8, 4) is 33.9 Å². The maximum absolute atomic E-state index is 10.7. The molecule has 0 fully saturated rings. The van der Waals surface area contributed by atoms with Crippen molar-refractivity contribution in [2.24, 2.45) is 0 Å². The van der Waals surface area contributed by atoms with E-state index in [9.17, 15) is 25.2 Å². The van der Waals surface area contributed by atoms with Crippen LogP contribution in [0.2, 0.25) is 0 Å².